The molecule has 1 aromatic heterocycles. The van der Waals surface area contributed by atoms with Crippen LogP contribution >= 0.6 is 11.6 Å². The Morgan fingerprint density at radius 2 is 1.88 bits per heavy atom. The molecular weight excluding hydrogens is 544 g/mol. The summed E-state index contributed by atoms with van der Waals surface area (Å²) in [4.78, 5) is 32.7. The summed E-state index contributed by atoms with van der Waals surface area (Å²) in [5.74, 6) is 2.12. The van der Waals surface area contributed by atoms with Gasteiger partial charge in [0.15, 0.2) is 5.82 Å². The number of nitrogens with one attached hydrogen (secondary N) is 1. The van der Waals surface area contributed by atoms with Gasteiger partial charge in [-0.2, -0.15) is 0 Å². The zero-order chi connectivity index (χ0) is 29.3. The fraction of sp³-hybridized carbons (Fsp3) is 0.433. The SMILES string of the molecule is COc1ccc2c(c1)C(c1ccc(Cl)cc1)=N[C@@H](CC(=O)N1CCC(CNC(=O)OC(C)(C)C)C1)c1nnc(C)n1-2. The van der Waals surface area contributed by atoms with Crippen LogP contribution in [0.15, 0.2) is 47.5 Å². The first-order valence-electron chi connectivity index (χ1n) is 13.7. The first kappa shape index (κ1) is 28.6. The number of benzene rings is 2. The van der Waals surface area contributed by atoms with Gasteiger partial charge in [-0.25, -0.2) is 4.79 Å². The summed E-state index contributed by atoms with van der Waals surface area (Å²) in [5.41, 5.74) is 2.74. The minimum absolute atomic E-state index is 0.0234. The highest BCUT2D eigenvalue weighted by molar-refractivity contribution is 6.30. The number of ether oxygens (including phenoxy) is 2. The zero-order valence-electron chi connectivity index (χ0n) is 24.0. The minimum Gasteiger partial charge on any atom is -0.497 e. The highest BCUT2D eigenvalue weighted by Crippen LogP contribution is 2.35. The van der Waals surface area contributed by atoms with Crippen molar-refractivity contribution in [2.45, 2.75) is 52.2 Å². The molecule has 0 radical (unpaired) electrons. The molecular formula is C30H35ClN6O4. The number of carbonyl (C=O) groups is 2. The maximum absolute atomic E-state index is 13.6. The van der Waals surface area contributed by atoms with E-state index in [0.717, 1.165) is 28.9 Å². The van der Waals surface area contributed by atoms with Crippen LogP contribution in [0, 0.1) is 12.8 Å². The normalized spacial score (nSPS) is 18.2. The molecule has 2 aliphatic heterocycles. The van der Waals surface area contributed by atoms with Crippen LogP contribution in [-0.2, 0) is 9.53 Å². The summed E-state index contributed by atoms with van der Waals surface area (Å²) in [5, 5.41) is 12.3. The Bertz CT molecular complexity index is 1480. The number of fused-ring (bicyclic) bond motifs is 3. The topological polar surface area (TPSA) is 111 Å². The largest absolute Gasteiger partial charge is 0.497 e. The number of hydrogen-bond donors (Lipinski definition) is 1. The molecule has 1 N–H and O–H groups in total. The van der Waals surface area contributed by atoms with Gasteiger partial charge >= 0.3 is 6.09 Å². The van der Waals surface area contributed by atoms with Crippen molar-refractivity contribution in [3.8, 4) is 11.4 Å². The van der Waals surface area contributed by atoms with Crippen molar-refractivity contribution in [2.75, 3.05) is 26.7 Å². The van der Waals surface area contributed by atoms with Crippen LogP contribution in [0.5, 0.6) is 5.75 Å². The smallest absolute Gasteiger partial charge is 0.407 e. The second-order valence-corrected chi connectivity index (χ2v) is 11.8. The molecule has 2 atom stereocenters. The van der Waals surface area contributed by atoms with Gasteiger partial charge in [0.1, 0.15) is 23.2 Å². The fourth-order valence-electron chi connectivity index (χ4n) is 5.24. The van der Waals surface area contributed by atoms with E-state index in [4.69, 9.17) is 26.1 Å². The van der Waals surface area contributed by atoms with Gasteiger partial charge in [0.05, 0.1) is 24.9 Å². The van der Waals surface area contributed by atoms with Crippen LogP contribution in [0.3, 0.4) is 0 Å². The maximum atomic E-state index is 13.6. The highest BCUT2D eigenvalue weighted by Gasteiger charge is 2.33. The van der Waals surface area contributed by atoms with Crippen molar-refractivity contribution in [3.63, 3.8) is 0 Å². The molecule has 3 heterocycles. The lowest BCUT2D eigenvalue weighted by molar-refractivity contribution is -0.130. The Hall–Kier alpha value is -3.92. The van der Waals surface area contributed by atoms with Crippen LogP contribution in [0.1, 0.15) is 62.4 Å². The standard InChI is InChI=1S/C30H35ClN6O4/c1-18-34-35-28-24(15-26(38)36-13-12-19(17-36)16-32-29(39)41-30(2,3)4)33-27(20-6-8-21(31)9-7-20)23-14-22(40-5)10-11-25(23)37(18)28/h6-11,14,19,24H,12-13,15-17H2,1-5H3,(H,32,39)/t19?,24-/m0/s1. The third-order valence-electron chi connectivity index (χ3n) is 7.19. The van der Waals surface area contributed by atoms with E-state index in [2.05, 4.69) is 15.5 Å². The number of hydrogen-bond acceptors (Lipinski definition) is 7. The summed E-state index contributed by atoms with van der Waals surface area (Å²) in [7, 11) is 1.63. The van der Waals surface area contributed by atoms with Gasteiger partial charge < -0.3 is 19.7 Å². The van der Waals surface area contributed by atoms with Crippen LogP contribution in [-0.4, -0.2) is 69.7 Å². The predicted molar refractivity (Wildman–Crippen MR) is 156 cm³/mol. The average molecular weight is 579 g/mol. The van der Waals surface area contributed by atoms with Crippen molar-refractivity contribution in [3.05, 3.63) is 70.3 Å². The first-order chi connectivity index (χ1) is 19.5. The van der Waals surface area contributed by atoms with Gasteiger partial charge in [0.25, 0.3) is 0 Å². The summed E-state index contributed by atoms with van der Waals surface area (Å²) in [6.45, 7) is 8.99. The number of aliphatic imine (C=N–C) groups is 1. The molecule has 0 bridgehead atoms. The Morgan fingerprint density at radius 1 is 1.12 bits per heavy atom. The second-order valence-electron chi connectivity index (χ2n) is 11.4. The molecule has 5 rings (SSSR count). The van der Waals surface area contributed by atoms with E-state index in [9.17, 15) is 9.59 Å². The Kier molecular flexibility index (Phi) is 8.04. The van der Waals surface area contributed by atoms with E-state index in [0.29, 0.717) is 42.1 Å². The average Bonchev–Trinajstić information content (AvgIpc) is 3.53. The minimum atomic E-state index is -0.563. The lowest BCUT2D eigenvalue weighted by Gasteiger charge is -2.21. The van der Waals surface area contributed by atoms with Gasteiger partial charge in [-0.1, -0.05) is 23.7 Å². The Labute approximate surface area is 244 Å². The number of aromatic nitrogens is 3. The summed E-state index contributed by atoms with van der Waals surface area (Å²) < 4.78 is 12.8. The van der Waals surface area contributed by atoms with Gasteiger partial charge in [0.2, 0.25) is 5.91 Å². The number of methoxy groups -OCH3 is 1. The lowest BCUT2D eigenvalue weighted by Crippen LogP contribution is -2.36. The van der Waals surface area contributed by atoms with Crippen molar-refractivity contribution >= 4 is 29.3 Å². The Morgan fingerprint density at radius 3 is 2.59 bits per heavy atom. The number of alkyl carbamates (subject to hydrolysis) is 1. The predicted octanol–water partition coefficient (Wildman–Crippen LogP) is 4.89. The summed E-state index contributed by atoms with van der Waals surface area (Å²) in [6, 6.07) is 12.7. The van der Waals surface area contributed by atoms with Crippen molar-refractivity contribution < 1.29 is 19.1 Å². The second kappa shape index (κ2) is 11.5. The molecule has 2 amide bonds. The maximum Gasteiger partial charge on any atom is 0.407 e. The number of amides is 2. The summed E-state index contributed by atoms with van der Waals surface area (Å²) >= 11 is 6.19. The molecule has 216 valence electrons. The van der Waals surface area contributed by atoms with Crippen molar-refractivity contribution in [1.82, 2.24) is 25.0 Å². The molecule has 10 nitrogen and oxygen atoms in total. The van der Waals surface area contributed by atoms with E-state index in [1.165, 1.54) is 0 Å². The molecule has 1 saturated heterocycles. The van der Waals surface area contributed by atoms with E-state index in [1.807, 2.05) is 79.6 Å². The van der Waals surface area contributed by atoms with Gasteiger partial charge in [-0.05, 0) is 70.4 Å². The zero-order valence-corrected chi connectivity index (χ0v) is 24.7. The molecule has 2 aliphatic rings. The molecule has 0 spiro atoms. The van der Waals surface area contributed by atoms with Gasteiger partial charge in [-0.3, -0.25) is 14.4 Å². The Balaban J connectivity index is 1.41. The van der Waals surface area contributed by atoms with E-state index >= 15 is 0 Å². The monoisotopic (exact) mass is 578 g/mol. The van der Waals surface area contributed by atoms with Gasteiger partial charge in [-0.15, -0.1) is 10.2 Å². The highest BCUT2D eigenvalue weighted by atomic mass is 35.5. The summed E-state index contributed by atoms with van der Waals surface area (Å²) in [6.07, 6.45) is 0.481. The van der Waals surface area contributed by atoms with Gasteiger partial charge in [0, 0.05) is 35.8 Å². The van der Waals surface area contributed by atoms with Crippen molar-refractivity contribution in [2.24, 2.45) is 10.9 Å². The number of aryl methyl sites for hydroxylation is 1. The lowest BCUT2D eigenvalue weighted by atomic mass is 10.00. The third-order valence-corrected chi connectivity index (χ3v) is 7.44. The van der Waals surface area contributed by atoms with Crippen molar-refractivity contribution in [1.29, 1.82) is 0 Å². The third kappa shape index (κ3) is 6.37. The quantitative estimate of drug-likeness (QED) is 0.446. The molecule has 0 aliphatic carbocycles. The number of likely N-dealkylation sites (tertiary alicyclic amines) is 1. The molecule has 3 aromatic rings. The van der Waals surface area contributed by atoms with E-state index < -0.39 is 17.7 Å². The van der Waals surface area contributed by atoms with Crippen LogP contribution < -0.4 is 10.1 Å². The van der Waals surface area contributed by atoms with E-state index in [-0.39, 0.29) is 18.2 Å². The van der Waals surface area contributed by atoms with Crippen LogP contribution in [0.25, 0.3) is 5.69 Å². The fourth-order valence-corrected chi connectivity index (χ4v) is 5.36. The van der Waals surface area contributed by atoms with Crippen LogP contribution in [0.2, 0.25) is 5.02 Å². The first-order valence-corrected chi connectivity index (χ1v) is 14.1. The number of rotatable bonds is 6. The number of carbonyl (C=O) groups excluding carboxylic acids is 2. The van der Waals surface area contributed by atoms with Crippen LogP contribution in [0.4, 0.5) is 4.79 Å². The van der Waals surface area contributed by atoms with E-state index in [1.54, 1.807) is 7.11 Å². The number of halogens is 1. The number of nitrogens with zero attached hydrogens (tertiary/aromatic N) is 5. The molecule has 0 saturated carbocycles. The molecule has 1 unspecified atom stereocenters. The molecule has 41 heavy (non-hydrogen) atoms. The molecule has 11 heteroatoms. The molecule has 2 aromatic carbocycles. The molecule has 1 fully saturated rings.